The van der Waals surface area contributed by atoms with Crippen LogP contribution in [0.15, 0.2) is 53.1 Å². The van der Waals surface area contributed by atoms with Crippen LogP contribution in [0, 0.1) is 0 Å². The van der Waals surface area contributed by atoms with Crippen LogP contribution in [0.2, 0.25) is 0 Å². The molecule has 0 N–H and O–H groups in total. The van der Waals surface area contributed by atoms with Crippen molar-refractivity contribution < 1.29 is 4.74 Å². The average molecular weight is 250 g/mol. The Balaban J connectivity index is 2.24. The molecule has 70 valence electrons. The molecule has 2 aromatic rings. The molecule has 0 aliphatic rings. The van der Waals surface area contributed by atoms with E-state index >= 15 is 0 Å². The van der Waals surface area contributed by atoms with Gasteiger partial charge in [-0.2, -0.15) is 0 Å². The molecule has 3 heteroatoms. The van der Waals surface area contributed by atoms with Crippen molar-refractivity contribution in [1.82, 2.24) is 4.98 Å². The summed E-state index contributed by atoms with van der Waals surface area (Å²) in [7, 11) is 0. The van der Waals surface area contributed by atoms with Gasteiger partial charge in [0.2, 0.25) is 5.88 Å². The topological polar surface area (TPSA) is 22.1 Å². The molecule has 1 heterocycles. The summed E-state index contributed by atoms with van der Waals surface area (Å²) in [5.41, 5.74) is 0. The highest BCUT2D eigenvalue weighted by molar-refractivity contribution is 9.10. The van der Waals surface area contributed by atoms with E-state index in [2.05, 4.69) is 20.9 Å². The van der Waals surface area contributed by atoms with Crippen LogP contribution in [0.3, 0.4) is 0 Å². The van der Waals surface area contributed by atoms with E-state index in [1.807, 2.05) is 42.5 Å². The maximum absolute atomic E-state index is 5.55. The molecule has 0 saturated carbocycles. The molecule has 0 fully saturated rings. The fourth-order valence-electron chi connectivity index (χ4n) is 1.05. The first-order chi connectivity index (χ1) is 6.86. The normalized spacial score (nSPS) is 9.79. The van der Waals surface area contributed by atoms with Gasteiger partial charge in [-0.05, 0) is 40.2 Å². The first-order valence-corrected chi connectivity index (χ1v) is 4.99. The second-order valence-corrected chi connectivity index (χ2v) is 3.56. The Labute approximate surface area is 90.7 Å². The lowest BCUT2D eigenvalue weighted by Crippen LogP contribution is -1.87. The molecule has 1 aromatic carbocycles. The molecule has 0 aliphatic heterocycles. The van der Waals surface area contributed by atoms with Gasteiger partial charge in [0.05, 0.1) is 4.47 Å². The molecule has 0 atom stereocenters. The average Bonchev–Trinajstić information content (AvgIpc) is 2.23. The van der Waals surface area contributed by atoms with Crippen molar-refractivity contribution in [1.29, 1.82) is 0 Å². The lowest BCUT2D eigenvalue weighted by Gasteiger charge is -2.04. The Morgan fingerprint density at radius 2 is 1.79 bits per heavy atom. The number of pyridine rings is 1. The fourth-order valence-corrected chi connectivity index (χ4v) is 1.38. The van der Waals surface area contributed by atoms with Crippen LogP contribution in [0.5, 0.6) is 11.6 Å². The summed E-state index contributed by atoms with van der Waals surface area (Å²) in [6, 6.07) is 13.3. The van der Waals surface area contributed by atoms with Gasteiger partial charge in [-0.25, -0.2) is 4.98 Å². The van der Waals surface area contributed by atoms with E-state index in [4.69, 9.17) is 4.74 Å². The number of nitrogens with zero attached hydrogens (tertiary/aromatic N) is 1. The Morgan fingerprint density at radius 3 is 2.50 bits per heavy atom. The molecule has 0 amide bonds. The zero-order valence-corrected chi connectivity index (χ0v) is 8.94. The molecule has 0 spiro atoms. The van der Waals surface area contributed by atoms with Crippen LogP contribution in [0.4, 0.5) is 0 Å². The molecule has 0 unspecified atom stereocenters. The summed E-state index contributed by atoms with van der Waals surface area (Å²) >= 11 is 3.37. The zero-order valence-electron chi connectivity index (χ0n) is 7.35. The molecule has 0 aliphatic carbocycles. The summed E-state index contributed by atoms with van der Waals surface area (Å²) in [6.07, 6.45) is 1.70. The molecule has 0 bridgehead atoms. The largest absolute Gasteiger partial charge is 0.438 e. The highest BCUT2D eigenvalue weighted by Gasteiger charge is 2.01. The maximum atomic E-state index is 5.55. The SMILES string of the molecule is Brc1cccnc1Oc1ccccc1. The first-order valence-electron chi connectivity index (χ1n) is 4.20. The molecular weight excluding hydrogens is 242 g/mol. The van der Waals surface area contributed by atoms with Crippen molar-refractivity contribution >= 4 is 15.9 Å². The van der Waals surface area contributed by atoms with E-state index in [0.717, 1.165) is 10.2 Å². The summed E-state index contributed by atoms with van der Waals surface area (Å²) in [4.78, 5) is 4.10. The number of aromatic nitrogens is 1. The van der Waals surface area contributed by atoms with Crippen molar-refractivity contribution in [2.75, 3.05) is 0 Å². The van der Waals surface area contributed by atoms with Crippen LogP contribution < -0.4 is 4.74 Å². The van der Waals surface area contributed by atoms with Gasteiger partial charge in [0.25, 0.3) is 0 Å². The Hall–Kier alpha value is -1.35. The second kappa shape index (κ2) is 4.24. The van der Waals surface area contributed by atoms with Crippen LogP contribution in [0.25, 0.3) is 0 Å². The summed E-state index contributed by atoms with van der Waals surface area (Å²) in [5.74, 6) is 1.37. The Kier molecular flexibility index (Phi) is 2.79. The number of halogens is 1. The molecule has 1 aromatic heterocycles. The minimum absolute atomic E-state index is 0.582. The quantitative estimate of drug-likeness (QED) is 0.811. The van der Waals surface area contributed by atoms with Gasteiger partial charge in [-0.15, -0.1) is 0 Å². The molecule has 14 heavy (non-hydrogen) atoms. The minimum atomic E-state index is 0.582. The van der Waals surface area contributed by atoms with E-state index in [1.54, 1.807) is 6.20 Å². The summed E-state index contributed by atoms with van der Waals surface area (Å²) < 4.78 is 6.40. The van der Waals surface area contributed by atoms with Crippen LogP contribution in [0.1, 0.15) is 0 Å². The predicted molar refractivity (Wildman–Crippen MR) is 58.5 cm³/mol. The predicted octanol–water partition coefficient (Wildman–Crippen LogP) is 3.64. The first kappa shape index (κ1) is 9.21. The van der Waals surface area contributed by atoms with Gasteiger partial charge in [0, 0.05) is 6.20 Å². The van der Waals surface area contributed by atoms with Gasteiger partial charge in [-0.3, -0.25) is 0 Å². The van der Waals surface area contributed by atoms with Crippen molar-refractivity contribution in [2.24, 2.45) is 0 Å². The van der Waals surface area contributed by atoms with E-state index in [0.29, 0.717) is 5.88 Å². The molecule has 0 radical (unpaired) electrons. The Bertz CT molecular complexity index is 417. The van der Waals surface area contributed by atoms with E-state index in [-0.39, 0.29) is 0 Å². The third-order valence-electron chi connectivity index (χ3n) is 1.68. The Morgan fingerprint density at radius 1 is 1.00 bits per heavy atom. The standard InChI is InChI=1S/C11H8BrNO/c12-10-7-4-8-13-11(10)14-9-5-2-1-3-6-9/h1-8H. The summed E-state index contributed by atoms with van der Waals surface area (Å²) in [6.45, 7) is 0. The van der Waals surface area contributed by atoms with E-state index in [9.17, 15) is 0 Å². The van der Waals surface area contributed by atoms with Crippen molar-refractivity contribution in [2.45, 2.75) is 0 Å². The van der Waals surface area contributed by atoms with Gasteiger partial charge in [-0.1, -0.05) is 18.2 Å². The van der Waals surface area contributed by atoms with Crippen LogP contribution in [-0.4, -0.2) is 4.98 Å². The highest BCUT2D eigenvalue weighted by atomic mass is 79.9. The summed E-state index contributed by atoms with van der Waals surface area (Å²) in [5, 5.41) is 0. The fraction of sp³-hybridized carbons (Fsp3) is 0. The van der Waals surface area contributed by atoms with Crippen molar-refractivity contribution in [3.8, 4) is 11.6 Å². The number of para-hydroxylation sites is 1. The number of ether oxygens (including phenoxy) is 1. The van der Waals surface area contributed by atoms with E-state index in [1.165, 1.54) is 0 Å². The molecule has 2 nitrogen and oxygen atoms in total. The minimum Gasteiger partial charge on any atom is -0.438 e. The number of benzene rings is 1. The van der Waals surface area contributed by atoms with Crippen LogP contribution >= 0.6 is 15.9 Å². The molecular formula is C11H8BrNO. The number of hydrogen-bond acceptors (Lipinski definition) is 2. The number of hydrogen-bond donors (Lipinski definition) is 0. The van der Waals surface area contributed by atoms with Crippen molar-refractivity contribution in [3.63, 3.8) is 0 Å². The van der Waals surface area contributed by atoms with Gasteiger partial charge < -0.3 is 4.74 Å². The maximum Gasteiger partial charge on any atom is 0.233 e. The van der Waals surface area contributed by atoms with Crippen LogP contribution in [-0.2, 0) is 0 Å². The van der Waals surface area contributed by atoms with Gasteiger partial charge in [0.15, 0.2) is 0 Å². The number of rotatable bonds is 2. The molecule has 0 saturated heterocycles. The molecule has 2 rings (SSSR count). The van der Waals surface area contributed by atoms with Crippen molar-refractivity contribution in [3.05, 3.63) is 53.1 Å². The smallest absolute Gasteiger partial charge is 0.233 e. The highest BCUT2D eigenvalue weighted by Crippen LogP contribution is 2.26. The third-order valence-corrected chi connectivity index (χ3v) is 2.29. The monoisotopic (exact) mass is 249 g/mol. The van der Waals surface area contributed by atoms with Gasteiger partial charge >= 0.3 is 0 Å². The van der Waals surface area contributed by atoms with E-state index < -0.39 is 0 Å². The second-order valence-electron chi connectivity index (χ2n) is 2.71. The lowest BCUT2D eigenvalue weighted by molar-refractivity contribution is 0.459. The lowest BCUT2D eigenvalue weighted by atomic mass is 10.3. The third kappa shape index (κ3) is 2.12. The van der Waals surface area contributed by atoms with Gasteiger partial charge in [0.1, 0.15) is 5.75 Å². The zero-order chi connectivity index (χ0) is 9.80.